The molecule has 1 unspecified atom stereocenters. The Labute approximate surface area is 122 Å². The minimum absolute atomic E-state index is 0.521. The van der Waals surface area contributed by atoms with Crippen LogP contribution in [0.1, 0.15) is 51.6 Å². The normalized spacial score (nSPS) is 13.0. The number of nitrogens with one attached hydrogen (secondary N) is 1. The van der Waals surface area contributed by atoms with Crippen LogP contribution in [0.25, 0.3) is 0 Å². The van der Waals surface area contributed by atoms with E-state index in [9.17, 15) is 0 Å². The molecule has 0 saturated heterocycles. The first-order valence-corrected chi connectivity index (χ1v) is 8.24. The Morgan fingerprint density at radius 1 is 1.26 bits per heavy atom. The number of thiazole rings is 1. The van der Waals surface area contributed by atoms with Gasteiger partial charge in [-0.15, -0.1) is 11.3 Å². The number of aryl methyl sites for hydroxylation is 1. The van der Waals surface area contributed by atoms with Crippen molar-refractivity contribution in [3.05, 3.63) is 10.6 Å². The Balaban J connectivity index is 2.73. The Bertz CT molecular complexity index is 373. The summed E-state index contributed by atoms with van der Waals surface area (Å²) in [5.74, 6) is 0.724. The van der Waals surface area contributed by atoms with Crippen LogP contribution in [-0.4, -0.2) is 24.1 Å². The predicted molar refractivity (Wildman–Crippen MR) is 86.2 cm³/mol. The van der Waals surface area contributed by atoms with Crippen LogP contribution in [0.2, 0.25) is 0 Å². The summed E-state index contributed by atoms with van der Waals surface area (Å²) in [6.45, 7) is 16.3. The van der Waals surface area contributed by atoms with Crippen LogP contribution >= 0.6 is 11.3 Å². The lowest BCUT2D eigenvalue weighted by atomic mass is 10.1. The van der Waals surface area contributed by atoms with Crippen LogP contribution in [0, 0.1) is 12.8 Å². The fourth-order valence-corrected chi connectivity index (χ4v) is 2.94. The Kier molecular flexibility index (Phi) is 6.80. The van der Waals surface area contributed by atoms with Gasteiger partial charge < -0.3 is 10.2 Å². The lowest BCUT2D eigenvalue weighted by Crippen LogP contribution is -2.27. The highest BCUT2D eigenvalue weighted by atomic mass is 32.1. The van der Waals surface area contributed by atoms with E-state index in [2.05, 4.69) is 51.8 Å². The largest absolute Gasteiger partial charge is 0.348 e. The zero-order valence-corrected chi connectivity index (χ0v) is 14.1. The second kappa shape index (κ2) is 7.85. The van der Waals surface area contributed by atoms with Crippen LogP contribution in [0.15, 0.2) is 0 Å². The van der Waals surface area contributed by atoms with E-state index in [0.29, 0.717) is 6.04 Å². The average molecular weight is 283 g/mol. The van der Waals surface area contributed by atoms with E-state index in [0.717, 1.165) is 25.6 Å². The Morgan fingerprint density at radius 2 is 1.95 bits per heavy atom. The molecule has 1 aromatic heterocycles. The van der Waals surface area contributed by atoms with Crippen LogP contribution < -0.4 is 10.2 Å². The highest BCUT2D eigenvalue weighted by molar-refractivity contribution is 7.15. The van der Waals surface area contributed by atoms with Crippen molar-refractivity contribution in [3.63, 3.8) is 0 Å². The summed E-state index contributed by atoms with van der Waals surface area (Å²) in [4.78, 5) is 8.53. The minimum atomic E-state index is 0.521. The number of hydrogen-bond acceptors (Lipinski definition) is 4. The number of nitrogens with zero attached hydrogens (tertiary/aromatic N) is 2. The summed E-state index contributed by atoms with van der Waals surface area (Å²) >= 11 is 1.84. The highest BCUT2D eigenvalue weighted by Crippen LogP contribution is 2.27. The molecule has 1 atom stereocenters. The van der Waals surface area contributed by atoms with Gasteiger partial charge in [0.15, 0.2) is 5.13 Å². The average Bonchev–Trinajstić information content (AvgIpc) is 2.74. The monoisotopic (exact) mass is 283 g/mol. The predicted octanol–water partition coefficient (Wildman–Crippen LogP) is 3.82. The summed E-state index contributed by atoms with van der Waals surface area (Å²) in [6, 6.07) is 0.521. The molecule has 0 radical (unpaired) electrons. The SMILES string of the molecule is CCC(C)CN(CC)c1nc(C)c(CNC(C)C)s1. The number of anilines is 1. The smallest absolute Gasteiger partial charge is 0.185 e. The second-order valence-corrected chi connectivity index (χ2v) is 6.65. The molecule has 1 rings (SSSR count). The fraction of sp³-hybridized carbons (Fsp3) is 0.800. The van der Waals surface area contributed by atoms with E-state index >= 15 is 0 Å². The molecule has 19 heavy (non-hydrogen) atoms. The van der Waals surface area contributed by atoms with Gasteiger partial charge in [-0.25, -0.2) is 4.98 Å². The molecule has 0 saturated carbocycles. The Hall–Kier alpha value is -0.610. The van der Waals surface area contributed by atoms with E-state index in [1.54, 1.807) is 0 Å². The molecule has 0 aliphatic heterocycles. The fourth-order valence-electron chi connectivity index (χ4n) is 1.86. The van der Waals surface area contributed by atoms with E-state index < -0.39 is 0 Å². The Morgan fingerprint density at radius 3 is 2.47 bits per heavy atom. The van der Waals surface area contributed by atoms with Crippen molar-refractivity contribution in [2.75, 3.05) is 18.0 Å². The van der Waals surface area contributed by atoms with Crippen LogP contribution in [0.3, 0.4) is 0 Å². The second-order valence-electron chi connectivity index (χ2n) is 5.59. The quantitative estimate of drug-likeness (QED) is 0.786. The summed E-state index contributed by atoms with van der Waals surface area (Å²) < 4.78 is 0. The lowest BCUT2D eigenvalue weighted by molar-refractivity contribution is 0.547. The molecule has 0 aliphatic rings. The molecule has 110 valence electrons. The van der Waals surface area contributed by atoms with Crippen molar-refractivity contribution in [1.82, 2.24) is 10.3 Å². The van der Waals surface area contributed by atoms with Crippen molar-refractivity contribution in [3.8, 4) is 0 Å². The molecule has 0 spiro atoms. The molecule has 4 heteroatoms. The molecule has 1 heterocycles. The summed E-state index contributed by atoms with van der Waals surface area (Å²) in [5.41, 5.74) is 1.18. The third-order valence-electron chi connectivity index (χ3n) is 3.43. The molecule has 1 aromatic rings. The van der Waals surface area contributed by atoms with Gasteiger partial charge in [-0.2, -0.15) is 0 Å². The number of hydrogen-bond donors (Lipinski definition) is 1. The lowest BCUT2D eigenvalue weighted by Gasteiger charge is -2.23. The molecule has 0 fully saturated rings. The van der Waals surface area contributed by atoms with Gasteiger partial charge >= 0.3 is 0 Å². The van der Waals surface area contributed by atoms with Crippen molar-refractivity contribution in [1.29, 1.82) is 0 Å². The summed E-state index contributed by atoms with van der Waals surface area (Å²) in [6.07, 6.45) is 1.22. The van der Waals surface area contributed by atoms with Gasteiger partial charge in [0.2, 0.25) is 0 Å². The minimum Gasteiger partial charge on any atom is -0.348 e. The van der Waals surface area contributed by atoms with E-state index in [4.69, 9.17) is 4.98 Å². The molecule has 0 aliphatic carbocycles. The third-order valence-corrected chi connectivity index (χ3v) is 4.65. The number of rotatable bonds is 8. The van der Waals surface area contributed by atoms with Crippen LogP contribution in [0.5, 0.6) is 0 Å². The molecule has 0 bridgehead atoms. The first-order valence-electron chi connectivity index (χ1n) is 7.42. The third kappa shape index (κ3) is 5.11. The standard InChI is InChI=1S/C15H29N3S/c1-7-12(5)10-18(8-2)15-17-13(6)14(19-15)9-16-11(3)4/h11-12,16H,7-10H2,1-6H3. The summed E-state index contributed by atoms with van der Waals surface area (Å²) in [7, 11) is 0. The molecular formula is C15H29N3S. The van der Waals surface area contributed by atoms with Gasteiger partial charge in [0.05, 0.1) is 5.69 Å². The van der Waals surface area contributed by atoms with Crippen molar-refractivity contribution in [2.45, 2.75) is 60.5 Å². The van der Waals surface area contributed by atoms with E-state index in [1.807, 2.05) is 11.3 Å². The molecule has 3 nitrogen and oxygen atoms in total. The van der Waals surface area contributed by atoms with Gasteiger partial charge in [-0.05, 0) is 19.8 Å². The van der Waals surface area contributed by atoms with Gasteiger partial charge in [-0.1, -0.05) is 34.1 Å². The molecular weight excluding hydrogens is 254 g/mol. The number of aromatic nitrogens is 1. The first-order chi connectivity index (χ1) is 8.97. The topological polar surface area (TPSA) is 28.2 Å². The molecule has 0 aromatic carbocycles. The van der Waals surface area contributed by atoms with Crippen molar-refractivity contribution < 1.29 is 0 Å². The van der Waals surface area contributed by atoms with Gasteiger partial charge in [0.1, 0.15) is 0 Å². The van der Waals surface area contributed by atoms with Crippen LogP contribution in [0.4, 0.5) is 5.13 Å². The maximum absolute atomic E-state index is 4.75. The van der Waals surface area contributed by atoms with E-state index in [-0.39, 0.29) is 0 Å². The van der Waals surface area contributed by atoms with Crippen LogP contribution in [-0.2, 0) is 6.54 Å². The maximum Gasteiger partial charge on any atom is 0.185 e. The highest BCUT2D eigenvalue weighted by Gasteiger charge is 2.14. The molecule has 0 amide bonds. The van der Waals surface area contributed by atoms with Gasteiger partial charge in [-0.3, -0.25) is 0 Å². The zero-order chi connectivity index (χ0) is 14.4. The van der Waals surface area contributed by atoms with Gasteiger partial charge in [0.25, 0.3) is 0 Å². The molecule has 1 N–H and O–H groups in total. The van der Waals surface area contributed by atoms with Crippen molar-refractivity contribution >= 4 is 16.5 Å². The van der Waals surface area contributed by atoms with E-state index in [1.165, 1.54) is 22.1 Å². The first kappa shape index (κ1) is 16.4. The van der Waals surface area contributed by atoms with Crippen molar-refractivity contribution in [2.24, 2.45) is 5.92 Å². The van der Waals surface area contributed by atoms with Gasteiger partial charge in [0, 0.05) is 30.6 Å². The maximum atomic E-state index is 4.75. The summed E-state index contributed by atoms with van der Waals surface area (Å²) in [5, 5.41) is 4.66. The zero-order valence-electron chi connectivity index (χ0n) is 13.3.